The fraction of sp³-hybridized carbons (Fsp3) is 0.235. The lowest BCUT2D eigenvalue weighted by molar-refractivity contribution is -0.0481. The number of ether oxygens (including phenoxy) is 1. The summed E-state index contributed by atoms with van der Waals surface area (Å²) in [7, 11) is 0. The van der Waals surface area contributed by atoms with Crippen LogP contribution < -0.4 is 11.2 Å². The van der Waals surface area contributed by atoms with Gasteiger partial charge in [-0.2, -0.15) is 0 Å². The number of aromatic amines is 1. The van der Waals surface area contributed by atoms with Crippen molar-refractivity contribution in [2.75, 3.05) is 0 Å². The van der Waals surface area contributed by atoms with Crippen LogP contribution >= 0.6 is 0 Å². The smallest absolute Gasteiger partial charge is 0.330 e. The minimum atomic E-state index is -1.46. The number of aromatic nitrogens is 3. The van der Waals surface area contributed by atoms with Crippen molar-refractivity contribution < 1.29 is 24.5 Å². The van der Waals surface area contributed by atoms with Gasteiger partial charge in [0.2, 0.25) is 5.89 Å². The Bertz CT molecular complexity index is 1090. The van der Waals surface area contributed by atoms with E-state index in [4.69, 9.17) is 9.15 Å². The van der Waals surface area contributed by atoms with E-state index in [-0.39, 0.29) is 11.6 Å². The molecule has 10 heteroatoms. The second kappa shape index (κ2) is 6.50. The van der Waals surface area contributed by atoms with Gasteiger partial charge in [-0.05, 0) is 12.1 Å². The van der Waals surface area contributed by atoms with Gasteiger partial charge in [-0.1, -0.05) is 12.1 Å². The van der Waals surface area contributed by atoms with Gasteiger partial charge in [0.05, 0.1) is 0 Å². The van der Waals surface area contributed by atoms with Gasteiger partial charge in [-0.15, -0.1) is 0 Å². The molecule has 0 bridgehead atoms. The third-order valence-electron chi connectivity index (χ3n) is 4.31. The molecule has 1 aliphatic rings. The Balaban J connectivity index is 1.65. The van der Waals surface area contributed by atoms with Gasteiger partial charge in [-0.3, -0.25) is 14.3 Å². The lowest BCUT2D eigenvalue weighted by atomic mass is 10.1. The highest BCUT2D eigenvalue weighted by molar-refractivity contribution is 5.65. The topological polar surface area (TPSA) is 151 Å². The van der Waals surface area contributed by atoms with E-state index in [0.29, 0.717) is 11.3 Å². The Morgan fingerprint density at radius 1 is 1.11 bits per heavy atom. The van der Waals surface area contributed by atoms with Crippen LogP contribution in [0.4, 0.5) is 0 Å². The van der Waals surface area contributed by atoms with Crippen molar-refractivity contribution in [1.29, 1.82) is 0 Å². The van der Waals surface area contributed by atoms with Crippen LogP contribution in [0.15, 0.2) is 56.8 Å². The molecule has 3 heterocycles. The van der Waals surface area contributed by atoms with E-state index in [1.807, 2.05) is 4.98 Å². The molecular weight excluding hydrogens is 358 g/mol. The third kappa shape index (κ3) is 2.95. The summed E-state index contributed by atoms with van der Waals surface area (Å²) >= 11 is 0. The number of nitrogens with one attached hydrogen (secondary N) is 1. The molecule has 4 atom stereocenters. The van der Waals surface area contributed by atoms with E-state index in [1.165, 1.54) is 12.3 Å². The molecule has 0 radical (unpaired) electrons. The molecule has 3 aromatic rings. The number of rotatable bonds is 3. The fourth-order valence-electron chi connectivity index (χ4n) is 2.95. The summed E-state index contributed by atoms with van der Waals surface area (Å²) in [5, 5.41) is 30.5. The van der Waals surface area contributed by atoms with Crippen molar-refractivity contribution in [2.24, 2.45) is 0 Å². The quantitative estimate of drug-likeness (QED) is 0.496. The number of aromatic hydroxyl groups is 1. The molecule has 0 spiro atoms. The number of nitrogens with zero attached hydrogens (tertiary/aromatic N) is 2. The van der Waals surface area contributed by atoms with Gasteiger partial charge < -0.3 is 24.5 Å². The normalized spacial score (nSPS) is 25.0. The largest absolute Gasteiger partial charge is 0.507 e. The second-order valence-electron chi connectivity index (χ2n) is 6.03. The number of aliphatic hydroxyl groups is 2. The fourth-order valence-corrected chi connectivity index (χ4v) is 2.95. The minimum Gasteiger partial charge on any atom is -0.507 e. The van der Waals surface area contributed by atoms with Crippen molar-refractivity contribution in [2.45, 2.75) is 24.5 Å². The number of oxazole rings is 1. The number of hydrogen-bond donors (Lipinski definition) is 4. The van der Waals surface area contributed by atoms with Crippen LogP contribution in [0.2, 0.25) is 0 Å². The molecule has 0 unspecified atom stereocenters. The Morgan fingerprint density at radius 2 is 1.89 bits per heavy atom. The molecule has 1 aromatic carbocycles. The number of phenolic OH excluding ortho intramolecular Hbond substituents is 1. The predicted molar refractivity (Wildman–Crippen MR) is 89.8 cm³/mol. The highest BCUT2D eigenvalue weighted by Gasteiger charge is 2.47. The summed E-state index contributed by atoms with van der Waals surface area (Å²) in [6.45, 7) is 0. The molecule has 140 valence electrons. The van der Waals surface area contributed by atoms with Crippen LogP contribution in [-0.4, -0.2) is 42.1 Å². The van der Waals surface area contributed by atoms with E-state index in [9.17, 15) is 24.9 Å². The Kier molecular flexibility index (Phi) is 4.15. The van der Waals surface area contributed by atoms with Gasteiger partial charge in [0.15, 0.2) is 12.3 Å². The molecule has 1 saturated heterocycles. The molecular formula is C17H15N3O7. The number of phenols is 1. The SMILES string of the molecule is O=c1ccn([C@@H]2O[C@H](c3nc(-c4ccccc4O)co3)[C@@H](O)[C@H]2O)c(=O)[nH]1. The Morgan fingerprint density at radius 3 is 2.63 bits per heavy atom. The lowest BCUT2D eigenvalue weighted by Gasteiger charge is -2.16. The van der Waals surface area contributed by atoms with Gasteiger partial charge in [0, 0.05) is 17.8 Å². The average molecular weight is 373 g/mol. The molecule has 0 saturated carbocycles. The summed E-state index contributed by atoms with van der Waals surface area (Å²) in [5.74, 6) is -0.0253. The molecule has 4 rings (SSSR count). The van der Waals surface area contributed by atoms with Crippen LogP contribution in [0.1, 0.15) is 18.2 Å². The maximum absolute atomic E-state index is 11.9. The third-order valence-corrected chi connectivity index (χ3v) is 4.31. The van der Waals surface area contributed by atoms with E-state index in [0.717, 1.165) is 16.8 Å². The molecule has 0 aliphatic carbocycles. The van der Waals surface area contributed by atoms with Crippen molar-refractivity contribution in [3.8, 4) is 17.0 Å². The first-order valence-corrected chi connectivity index (χ1v) is 8.02. The van der Waals surface area contributed by atoms with Crippen LogP contribution in [0.25, 0.3) is 11.3 Å². The summed E-state index contributed by atoms with van der Waals surface area (Å²) in [5.41, 5.74) is -0.644. The number of para-hydroxylation sites is 1. The molecule has 0 amide bonds. The molecule has 1 fully saturated rings. The number of aliphatic hydroxyl groups excluding tert-OH is 2. The first-order chi connectivity index (χ1) is 13.0. The first-order valence-electron chi connectivity index (χ1n) is 8.02. The van der Waals surface area contributed by atoms with E-state index in [1.54, 1.807) is 18.2 Å². The van der Waals surface area contributed by atoms with Crippen molar-refractivity contribution >= 4 is 0 Å². The highest BCUT2D eigenvalue weighted by atomic mass is 16.6. The molecule has 10 nitrogen and oxygen atoms in total. The highest BCUT2D eigenvalue weighted by Crippen LogP contribution is 2.39. The minimum absolute atomic E-state index is 0.00272. The molecule has 1 aliphatic heterocycles. The van der Waals surface area contributed by atoms with Crippen molar-refractivity contribution in [1.82, 2.24) is 14.5 Å². The van der Waals surface area contributed by atoms with Gasteiger partial charge in [-0.25, -0.2) is 9.78 Å². The van der Waals surface area contributed by atoms with Gasteiger partial charge in [0.25, 0.3) is 5.56 Å². The van der Waals surface area contributed by atoms with Crippen molar-refractivity contribution in [3.05, 3.63) is 69.5 Å². The van der Waals surface area contributed by atoms with Crippen LogP contribution in [0.3, 0.4) is 0 Å². The van der Waals surface area contributed by atoms with Crippen molar-refractivity contribution in [3.63, 3.8) is 0 Å². The first kappa shape index (κ1) is 17.2. The zero-order valence-corrected chi connectivity index (χ0v) is 13.7. The molecule has 2 aromatic heterocycles. The number of benzene rings is 1. The Labute approximate surface area is 150 Å². The van der Waals surface area contributed by atoms with Crippen LogP contribution in [0, 0.1) is 0 Å². The zero-order chi connectivity index (χ0) is 19.1. The number of H-pyrrole nitrogens is 1. The van der Waals surface area contributed by atoms with Gasteiger partial charge >= 0.3 is 5.69 Å². The summed E-state index contributed by atoms with van der Waals surface area (Å²) < 4.78 is 11.9. The molecule has 4 N–H and O–H groups in total. The predicted octanol–water partition coefficient (Wildman–Crippen LogP) is -0.111. The zero-order valence-electron chi connectivity index (χ0n) is 13.7. The number of hydrogen-bond acceptors (Lipinski definition) is 8. The van der Waals surface area contributed by atoms with E-state index >= 15 is 0 Å². The summed E-state index contributed by atoms with van der Waals surface area (Å²) in [4.78, 5) is 29.4. The second-order valence-corrected chi connectivity index (χ2v) is 6.03. The summed E-state index contributed by atoms with van der Waals surface area (Å²) in [6.07, 6.45) is -2.83. The lowest BCUT2D eigenvalue weighted by Crippen LogP contribution is -2.37. The Hall–Kier alpha value is -3.21. The summed E-state index contributed by atoms with van der Waals surface area (Å²) in [6, 6.07) is 7.60. The monoisotopic (exact) mass is 373 g/mol. The maximum Gasteiger partial charge on any atom is 0.330 e. The maximum atomic E-state index is 11.9. The van der Waals surface area contributed by atoms with E-state index in [2.05, 4.69) is 4.98 Å². The standard InChI is InChI=1S/C17H15N3O7/c21-10-4-2-1-3-8(10)9-7-26-15(18-9)14-12(23)13(24)16(27-14)20-6-5-11(22)19-17(20)25/h1-7,12-14,16,21,23-24H,(H,19,22,25)/t12-,13+,14-,16+/m0/s1. The van der Waals surface area contributed by atoms with Crippen LogP contribution in [0.5, 0.6) is 5.75 Å². The molecule has 27 heavy (non-hydrogen) atoms. The van der Waals surface area contributed by atoms with Gasteiger partial charge in [0.1, 0.15) is 29.9 Å². The average Bonchev–Trinajstić information content (AvgIpc) is 3.22. The van der Waals surface area contributed by atoms with E-state index < -0.39 is 35.8 Å². The van der Waals surface area contributed by atoms with Crippen LogP contribution in [-0.2, 0) is 4.74 Å².